The molecule has 0 atom stereocenters. The third kappa shape index (κ3) is 2.03. The van der Waals surface area contributed by atoms with Crippen molar-refractivity contribution in [2.24, 2.45) is 0 Å². The Morgan fingerprint density at radius 1 is 1.14 bits per heavy atom. The van der Waals surface area contributed by atoms with Crippen molar-refractivity contribution < 1.29 is 5.11 Å². The summed E-state index contributed by atoms with van der Waals surface area (Å²) in [6.07, 6.45) is 3.16. The molecule has 1 heterocycles. The van der Waals surface area contributed by atoms with Crippen LogP contribution in [0.25, 0.3) is 0 Å². The molecule has 0 aliphatic carbocycles. The van der Waals surface area contributed by atoms with Crippen molar-refractivity contribution in [3.05, 3.63) is 42.9 Å². The van der Waals surface area contributed by atoms with E-state index in [2.05, 4.69) is 9.97 Å². The predicted octanol–water partition coefficient (Wildman–Crippen LogP) is 2.33. The number of hydrogen-bond donors (Lipinski definition) is 1. The summed E-state index contributed by atoms with van der Waals surface area (Å²) in [7, 11) is 0. The van der Waals surface area contributed by atoms with Crippen LogP contribution in [-0.2, 0) is 0 Å². The molecule has 0 aliphatic heterocycles. The Hall–Kier alpha value is -1.55. The van der Waals surface area contributed by atoms with E-state index in [9.17, 15) is 5.11 Å². The van der Waals surface area contributed by atoms with E-state index in [0.29, 0.717) is 0 Å². The molecule has 14 heavy (non-hydrogen) atoms. The van der Waals surface area contributed by atoms with Gasteiger partial charge < -0.3 is 5.11 Å². The van der Waals surface area contributed by atoms with Gasteiger partial charge in [0.25, 0.3) is 0 Å². The molecule has 1 aromatic carbocycles. The van der Waals surface area contributed by atoms with Crippen molar-refractivity contribution in [3.8, 4) is 5.75 Å². The minimum Gasteiger partial charge on any atom is -0.507 e. The maximum absolute atomic E-state index is 9.51. The second-order valence-corrected chi connectivity index (χ2v) is 3.68. The second kappa shape index (κ2) is 4.11. The molecule has 2 rings (SSSR count). The van der Waals surface area contributed by atoms with Crippen LogP contribution in [-0.4, -0.2) is 15.1 Å². The summed E-state index contributed by atoms with van der Waals surface area (Å²) in [6, 6.07) is 8.98. The van der Waals surface area contributed by atoms with Gasteiger partial charge in [0, 0.05) is 6.20 Å². The monoisotopic (exact) mass is 204 g/mol. The first kappa shape index (κ1) is 9.02. The Labute approximate surface area is 85.8 Å². The molecule has 0 fully saturated rings. The van der Waals surface area contributed by atoms with Gasteiger partial charge in [-0.15, -0.1) is 0 Å². The van der Waals surface area contributed by atoms with E-state index in [1.54, 1.807) is 24.4 Å². The van der Waals surface area contributed by atoms with Crippen molar-refractivity contribution in [2.75, 3.05) is 0 Å². The van der Waals surface area contributed by atoms with Gasteiger partial charge in [0.2, 0.25) is 0 Å². The summed E-state index contributed by atoms with van der Waals surface area (Å²) in [5.41, 5.74) is 0. The average molecular weight is 204 g/mol. The molecule has 0 radical (unpaired) electrons. The van der Waals surface area contributed by atoms with Gasteiger partial charge in [0.05, 0.1) is 4.90 Å². The van der Waals surface area contributed by atoms with Crippen LogP contribution in [0.2, 0.25) is 0 Å². The van der Waals surface area contributed by atoms with Gasteiger partial charge >= 0.3 is 0 Å². The van der Waals surface area contributed by atoms with E-state index in [0.717, 1.165) is 9.92 Å². The van der Waals surface area contributed by atoms with Gasteiger partial charge in [-0.3, -0.25) is 0 Å². The van der Waals surface area contributed by atoms with Gasteiger partial charge in [0.1, 0.15) is 17.1 Å². The number of phenols is 1. The Bertz CT molecular complexity index is 419. The summed E-state index contributed by atoms with van der Waals surface area (Å²) < 4.78 is 0. The molecule has 0 spiro atoms. The zero-order valence-corrected chi connectivity index (χ0v) is 8.11. The first-order valence-corrected chi connectivity index (χ1v) is 4.90. The van der Waals surface area contributed by atoms with Crippen LogP contribution in [0.4, 0.5) is 0 Å². The summed E-state index contributed by atoms with van der Waals surface area (Å²) >= 11 is 1.41. The fourth-order valence-electron chi connectivity index (χ4n) is 0.995. The van der Waals surface area contributed by atoms with Gasteiger partial charge in [-0.25, -0.2) is 9.97 Å². The topological polar surface area (TPSA) is 46.0 Å². The zero-order valence-electron chi connectivity index (χ0n) is 7.29. The minimum atomic E-state index is 0.274. The van der Waals surface area contributed by atoms with Crippen molar-refractivity contribution >= 4 is 11.8 Å². The summed E-state index contributed by atoms with van der Waals surface area (Å²) in [5, 5.41) is 10.3. The van der Waals surface area contributed by atoms with E-state index in [1.807, 2.05) is 12.1 Å². The number of benzene rings is 1. The van der Waals surface area contributed by atoms with Gasteiger partial charge in [-0.2, -0.15) is 0 Å². The Balaban J connectivity index is 2.24. The van der Waals surface area contributed by atoms with Crippen LogP contribution in [0.1, 0.15) is 0 Å². The molecule has 3 nitrogen and oxygen atoms in total. The summed E-state index contributed by atoms with van der Waals surface area (Å²) in [6.45, 7) is 0. The Kier molecular flexibility index (Phi) is 2.65. The fraction of sp³-hybridized carbons (Fsp3) is 0. The highest BCUT2D eigenvalue weighted by molar-refractivity contribution is 7.99. The highest BCUT2D eigenvalue weighted by Crippen LogP contribution is 2.32. The molecule has 0 aliphatic rings. The largest absolute Gasteiger partial charge is 0.507 e. The Morgan fingerprint density at radius 2 is 2.00 bits per heavy atom. The standard InChI is InChI=1S/C10H8N2OS/c13-8-3-1-2-4-9(8)14-10-5-6-11-7-12-10/h1-7,13H. The van der Waals surface area contributed by atoms with Crippen LogP contribution < -0.4 is 0 Å². The van der Waals surface area contributed by atoms with E-state index in [-0.39, 0.29) is 5.75 Å². The van der Waals surface area contributed by atoms with E-state index in [4.69, 9.17) is 0 Å². The number of rotatable bonds is 2. The lowest BCUT2D eigenvalue weighted by Gasteiger charge is -2.01. The third-order valence-corrected chi connectivity index (χ3v) is 2.65. The van der Waals surface area contributed by atoms with Crippen LogP contribution >= 0.6 is 11.8 Å². The van der Waals surface area contributed by atoms with Crippen molar-refractivity contribution in [3.63, 3.8) is 0 Å². The number of aromatic hydroxyl groups is 1. The molecule has 0 saturated carbocycles. The number of para-hydroxylation sites is 1. The molecule has 1 N–H and O–H groups in total. The maximum Gasteiger partial charge on any atom is 0.129 e. The molecule has 0 unspecified atom stereocenters. The van der Waals surface area contributed by atoms with Crippen LogP contribution in [0.5, 0.6) is 5.75 Å². The summed E-state index contributed by atoms with van der Waals surface area (Å²) in [4.78, 5) is 8.68. The molecule has 0 bridgehead atoms. The lowest BCUT2D eigenvalue weighted by Crippen LogP contribution is -1.80. The zero-order chi connectivity index (χ0) is 9.80. The fourth-order valence-corrected chi connectivity index (χ4v) is 1.77. The van der Waals surface area contributed by atoms with Gasteiger partial charge in [-0.1, -0.05) is 23.9 Å². The maximum atomic E-state index is 9.51. The quantitative estimate of drug-likeness (QED) is 0.763. The van der Waals surface area contributed by atoms with Gasteiger partial charge in [-0.05, 0) is 18.2 Å². The number of aromatic nitrogens is 2. The molecule has 0 amide bonds. The number of nitrogens with zero attached hydrogens (tertiary/aromatic N) is 2. The van der Waals surface area contributed by atoms with Crippen LogP contribution in [0.15, 0.2) is 52.8 Å². The predicted molar refractivity (Wildman–Crippen MR) is 54.3 cm³/mol. The number of phenolic OH excluding ortho intramolecular Hbond substituents is 1. The van der Waals surface area contributed by atoms with E-state index >= 15 is 0 Å². The van der Waals surface area contributed by atoms with Gasteiger partial charge in [0.15, 0.2) is 0 Å². The average Bonchev–Trinajstić information content (AvgIpc) is 2.23. The van der Waals surface area contributed by atoms with E-state index < -0.39 is 0 Å². The molecular formula is C10H8N2OS. The first-order chi connectivity index (χ1) is 6.86. The first-order valence-electron chi connectivity index (χ1n) is 4.08. The highest BCUT2D eigenvalue weighted by Gasteiger charge is 2.02. The molecule has 2 aromatic rings. The Morgan fingerprint density at radius 3 is 2.71 bits per heavy atom. The molecular weight excluding hydrogens is 196 g/mol. The third-order valence-electron chi connectivity index (χ3n) is 1.63. The van der Waals surface area contributed by atoms with Crippen LogP contribution in [0, 0.1) is 0 Å². The van der Waals surface area contributed by atoms with Crippen molar-refractivity contribution in [2.45, 2.75) is 9.92 Å². The normalized spacial score (nSPS) is 10.0. The SMILES string of the molecule is Oc1ccccc1Sc1ccncn1. The molecule has 4 heteroatoms. The van der Waals surface area contributed by atoms with Crippen LogP contribution in [0.3, 0.4) is 0 Å². The lowest BCUT2D eigenvalue weighted by atomic mass is 10.3. The number of hydrogen-bond acceptors (Lipinski definition) is 4. The molecule has 0 saturated heterocycles. The smallest absolute Gasteiger partial charge is 0.129 e. The van der Waals surface area contributed by atoms with E-state index in [1.165, 1.54) is 18.1 Å². The molecule has 70 valence electrons. The van der Waals surface area contributed by atoms with Crippen molar-refractivity contribution in [1.29, 1.82) is 0 Å². The minimum absolute atomic E-state index is 0.274. The van der Waals surface area contributed by atoms with Crippen molar-refractivity contribution in [1.82, 2.24) is 9.97 Å². The molecule has 1 aromatic heterocycles. The highest BCUT2D eigenvalue weighted by atomic mass is 32.2. The summed E-state index contributed by atoms with van der Waals surface area (Å²) in [5.74, 6) is 0.274. The lowest BCUT2D eigenvalue weighted by molar-refractivity contribution is 0.462. The second-order valence-electron chi connectivity index (χ2n) is 2.62.